The molecule has 8 nitrogen and oxygen atoms in total. The largest absolute Gasteiger partial charge is 0.493 e. The van der Waals surface area contributed by atoms with E-state index < -0.39 is 11.9 Å². The molecule has 8 heteroatoms. The van der Waals surface area contributed by atoms with Gasteiger partial charge in [-0.3, -0.25) is 4.79 Å². The van der Waals surface area contributed by atoms with Crippen LogP contribution in [0.1, 0.15) is 5.56 Å². The maximum absolute atomic E-state index is 11.8. The van der Waals surface area contributed by atoms with Crippen LogP contribution in [0.15, 0.2) is 48.5 Å². The molecule has 1 N–H and O–H groups in total. The summed E-state index contributed by atoms with van der Waals surface area (Å²) in [5.74, 6) is 1.44. The molecular formula is C21H21NO7. The van der Waals surface area contributed by atoms with Gasteiger partial charge in [0.2, 0.25) is 6.79 Å². The first-order valence-corrected chi connectivity index (χ1v) is 8.92. The highest BCUT2D eigenvalue weighted by Gasteiger charge is 2.12. The van der Waals surface area contributed by atoms with Gasteiger partial charge < -0.3 is 29.0 Å². The number of amides is 1. The Labute approximate surface area is 168 Å². The lowest BCUT2D eigenvalue weighted by atomic mass is 10.2. The molecule has 0 unspecified atom stereocenters. The Morgan fingerprint density at radius 1 is 1.10 bits per heavy atom. The van der Waals surface area contributed by atoms with E-state index in [1.807, 2.05) is 12.1 Å². The summed E-state index contributed by atoms with van der Waals surface area (Å²) in [5.41, 5.74) is 0.754. The molecule has 0 spiro atoms. The normalized spacial score (nSPS) is 11.9. The van der Waals surface area contributed by atoms with Crippen molar-refractivity contribution in [2.24, 2.45) is 0 Å². The number of carbonyl (C=O) groups is 2. The van der Waals surface area contributed by atoms with Crippen LogP contribution in [0.2, 0.25) is 0 Å². The minimum atomic E-state index is -0.622. The topological polar surface area (TPSA) is 92.3 Å². The number of hydrogen-bond donors (Lipinski definition) is 1. The summed E-state index contributed by atoms with van der Waals surface area (Å²) >= 11 is 0. The number of carbonyl (C=O) groups excluding carboxylic acids is 2. The molecule has 0 atom stereocenters. The van der Waals surface area contributed by atoms with E-state index in [-0.39, 0.29) is 26.6 Å². The van der Waals surface area contributed by atoms with Gasteiger partial charge in [0.25, 0.3) is 5.91 Å². The molecular weight excluding hydrogens is 378 g/mol. The minimum Gasteiger partial charge on any atom is -0.493 e. The van der Waals surface area contributed by atoms with Gasteiger partial charge in [0.15, 0.2) is 29.6 Å². The van der Waals surface area contributed by atoms with Gasteiger partial charge >= 0.3 is 5.97 Å². The van der Waals surface area contributed by atoms with Crippen LogP contribution in [0.3, 0.4) is 0 Å². The third kappa shape index (κ3) is 5.90. The molecule has 0 saturated carbocycles. The van der Waals surface area contributed by atoms with E-state index in [9.17, 15) is 9.59 Å². The Hall–Kier alpha value is -3.68. The molecule has 1 amide bonds. The highest BCUT2D eigenvalue weighted by Crippen LogP contribution is 2.32. The number of hydrogen-bond acceptors (Lipinski definition) is 7. The maximum Gasteiger partial charge on any atom is 0.331 e. The summed E-state index contributed by atoms with van der Waals surface area (Å²) in [6.45, 7) is 0.327. The second-order valence-electron chi connectivity index (χ2n) is 5.90. The lowest BCUT2D eigenvalue weighted by Crippen LogP contribution is -2.31. The molecule has 2 aromatic carbocycles. The molecule has 3 rings (SSSR count). The molecule has 0 aromatic heterocycles. The number of methoxy groups -OCH3 is 1. The van der Waals surface area contributed by atoms with Gasteiger partial charge in [-0.1, -0.05) is 18.2 Å². The van der Waals surface area contributed by atoms with Crippen molar-refractivity contribution >= 4 is 18.0 Å². The molecule has 1 heterocycles. The first-order chi connectivity index (χ1) is 14.2. The standard InChI is InChI=1S/C21H21NO7/c1-25-16-4-2-3-5-17(16)26-11-10-22-20(23)13-27-21(24)9-7-15-6-8-18-19(12-15)29-14-28-18/h2-9,12H,10-11,13-14H2,1H3,(H,22,23)/b9-7+. The van der Waals surface area contributed by atoms with Crippen molar-refractivity contribution in [1.82, 2.24) is 5.32 Å². The Bertz CT molecular complexity index is 894. The fourth-order valence-electron chi connectivity index (χ4n) is 2.51. The molecule has 0 radical (unpaired) electrons. The van der Waals surface area contributed by atoms with Crippen LogP contribution in [0.4, 0.5) is 0 Å². The van der Waals surface area contributed by atoms with Crippen LogP contribution in [-0.4, -0.2) is 45.5 Å². The summed E-state index contributed by atoms with van der Waals surface area (Å²) in [6.07, 6.45) is 2.82. The second-order valence-corrected chi connectivity index (χ2v) is 5.90. The van der Waals surface area contributed by atoms with Crippen LogP contribution < -0.4 is 24.3 Å². The third-order valence-corrected chi connectivity index (χ3v) is 3.90. The zero-order valence-corrected chi connectivity index (χ0v) is 15.9. The zero-order valence-electron chi connectivity index (χ0n) is 15.9. The predicted octanol–water partition coefficient (Wildman–Crippen LogP) is 2.18. The number of nitrogens with one attached hydrogen (secondary N) is 1. The van der Waals surface area contributed by atoms with E-state index in [1.165, 1.54) is 6.08 Å². The van der Waals surface area contributed by atoms with E-state index in [1.54, 1.807) is 43.5 Å². The Morgan fingerprint density at radius 3 is 2.72 bits per heavy atom. The predicted molar refractivity (Wildman–Crippen MR) is 104 cm³/mol. The van der Waals surface area contributed by atoms with Gasteiger partial charge in [-0.05, 0) is 35.9 Å². The molecule has 0 aliphatic carbocycles. The summed E-state index contributed by atoms with van der Waals surface area (Å²) in [6, 6.07) is 12.5. The SMILES string of the molecule is COc1ccccc1OCCNC(=O)COC(=O)/C=C/c1ccc2c(c1)OCO2. The minimum absolute atomic E-state index is 0.184. The summed E-state index contributed by atoms with van der Waals surface area (Å²) < 4.78 is 26.1. The lowest BCUT2D eigenvalue weighted by molar-refractivity contribution is -0.143. The van der Waals surface area contributed by atoms with Crippen LogP contribution >= 0.6 is 0 Å². The number of ether oxygens (including phenoxy) is 5. The molecule has 29 heavy (non-hydrogen) atoms. The number of esters is 1. The Kier molecular flexibility index (Phi) is 6.94. The average molecular weight is 399 g/mol. The van der Waals surface area contributed by atoms with Crippen molar-refractivity contribution in [2.45, 2.75) is 0 Å². The molecule has 0 saturated heterocycles. The van der Waals surface area contributed by atoms with E-state index in [2.05, 4.69) is 5.32 Å². The smallest absolute Gasteiger partial charge is 0.331 e. The molecule has 1 aliphatic heterocycles. The average Bonchev–Trinajstić information content (AvgIpc) is 3.22. The first kappa shape index (κ1) is 20.1. The van der Waals surface area contributed by atoms with Crippen molar-refractivity contribution in [2.75, 3.05) is 33.7 Å². The van der Waals surface area contributed by atoms with Crippen LogP contribution in [0.5, 0.6) is 23.0 Å². The van der Waals surface area contributed by atoms with Gasteiger partial charge in [-0.25, -0.2) is 4.79 Å². The van der Waals surface area contributed by atoms with Gasteiger partial charge in [0, 0.05) is 6.08 Å². The highest BCUT2D eigenvalue weighted by molar-refractivity contribution is 5.89. The monoisotopic (exact) mass is 399 g/mol. The quantitative estimate of drug-likeness (QED) is 0.392. The number of benzene rings is 2. The number of para-hydroxylation sites is 2. The van der Waals surface area contributed by atoms with Crippen molar-refractivity contribution in [3.05, 3.63) is 54.1 Å². The van der Waals surface area contributed by atoms with E-state index in [4.69, 9.17) is 23.7 Å². The molecule has 0 bridgehead atoms. The van der Waals surface area contributed by atoms with Crippen LogP contribution in [0, 0.1) is 0 Å². The van der Waals surface area contributed by atoms with Gasteiger partial charge in [0.1, 0.15) is 6.61 Å². The van der Waals surface area contributed by atoms with E-state index in [0.717, 1.165) is 5.56 Å². The zero-order chi connectivity index (χ0) is 20.5. The van der Waals surface area contributed by atoms with Crippen LogP contribution in [0.25, 0.3) is 6.08 Å². The van der Waals surface area contributed by atoms with Crippen molar-refractivity contribution < 1.29 is 33.3 Å². The molecule has 0 fully saturated rings. The fraction of sp³-hybridized carbons (Fsp3) is 0.238. The van der Waals surface area contributed by atoms with Gasteiger partial charge in [-0.15, -0.1) is 0 Å². The maximum atomic E-state index is 11.8. The van der Waals surface area contributed by atoms with E-state index >= 15 is 0 Å². The van der Waals surface area contributed by atoms with Crippen molar-refractivity contribution in [1.29, 1.82) is 0 Å². The molecule has 1 aliphatic rings. The lowest BCUT2D eigenvalue weighted by Gasteiger charge is -2.10. The molecule has 152 valence electrons. The fourth-order valence-corrected chi connectivity index (χ4v) is 2.51. The third-order valence-electron chi connectivity index (χ3n) is 3.90. The second kappa shape index (κ2) is 10.0. The number of fused-ring (bicyclic) bond motifs is 1. The van der Waals surface area contributed by atoms with Crippen molar-refractivity contribution in [3.63, 3.8) is 0 Å². The molecule has 2 aromatic rings. The van der Waals surface area contributed by atoms with Crippen LogP contribution in [-0.2, 0) is 14.3 Å². The summed E-state index contributed by atoms with van der Waals surface area (Å²) in [5, 5.41) is 2.61. The van der Waals surface area contributed by atoms with E-state index in [0.29, 0.717) is 23.0 Å². The first-order valence-electron chi connectivity index (χ1n) is 8.92. The summed E-state index contributed by atoms with van der Waals surface area (Å²) in [4.78, 5) is 23.5. The summed E-state index contributed by atoms with van der Waals surface area (Å²) in [7, 11) is 1.55. The van der Waals surface area contributed by atoms with Gasteiger partial charge in [-0.2, -0.15) is 0 Å². The van der Waals surface area contributed by atoms with Gasteiger partial charge in [0.05, 0.1) is 13.7 Å². The Balaban J connectivity index is 1.34. The van der Waals surface area contributed by atoms with Crippen molar-refractivity contribution in [3.8, 4) is 23.0 Å². The Morgan fingerprint density at radius 2 is 1.90 bits per heavy atom. The number of rotatable bonds is 9. The highest BCUT2D eigenvalue weighted by atomic mass is 16.7.